The molecule has 4 nitrogen and oxygen atoms in total. The van der Waals surface area contributed by atoms with E-state index in [2.05, 4.69) is 21.1 Å². The highest BCUT2D eigenvalue weighted by molar-refractivity contribution is 5.53. The average Bonchev–Trinajstić information content (AvgIpc) is 2.25. The van der Waals surface area contributed by atoms with Gasteiger partial charge in [0.15, 0.2) is 11.5 Å². The summed E-state index contributed by atoms with van der Waals surface area (Å²) in [6.45, 7) is 0.900. The highest BCUT2D eigenvalue weighted by atomic mass is 16.5. The number of benzene rings is 1. The van der Waals surface area contributed by atoms with Gasteiger partial charge in [-0.2, -0.15) is 0 Å². The predicted molar refractivity (Wildman–Crippen MR) is 67.8 cm³/mol. The first-order chi connectivity index (χ1) is 7.91. The van der Waals surface area contributed by atoms with E-state index in [0.29, 0.717) is 17.2 Å². The summed E-state index contributed by atoms with van der Waals surface area (Å²) in [4.78, 5) is 0. The quantitative estimate of drug-likeness (QED) is 0.736. The van der Waals surface area contributed by atoms with E-state index >= 15 is 0 Å². The lowest BCUT2D eigenvalue weighted by Crippen LogP contribution is -2.33. The fourth-order valence-corrected chi connectivity index (χ4v) is 1.77. The Balaban J connectivity index is 3.18. The van der Waals surface area contributed by atoms with Gasteiger partial charge in [0, 0.05) is 5.56 Å². The summed E-state index contributed by atoms with van der Waals surface area (Å²) in [6.07, 6.45) is 0. The Kier molecular flexibility index (Phi) is 4.23. The molecule has 0 radical (unpaired) electrons. The molecule has 0 spiro atoms. The Labute approximate surface area is 103 Å². The van der Waals surface area contributed by atoms with Crippen molar-refractivity contribution in [2.45, 2.75) is 6.54 Å². The molecule has 0 aromatic heterocycles. The van der Waals surface area contributed by atoms with Crippen LogP contribution >= 0.6 is 0 Å². The number of quaternary nitrogens is 1. The average molecular weight is 240 g/mol. The predicted octanol–water partition coefficient (Wildman–Crippen LogP) is 1.92. The Morgan fingerprint density at radius 2 is 1.35 bits per heavy atom. The van der Waals surface area contributed by atoms with Crippen molar-refractivity contribution >= 4 is 0 Å². The van der Waals surface area contributed by atoms with E-state index in [1.165, 1.54) is 0 Å². The van der Waals surface area contributed by atoms with Crippen LogP contribution in [0.25, 0.3) is 0 Å². The number of nitrogens with zero attached hydrogens (tertiary/aromatic N) is 1. The van der Waals surface area contributed by atoms with E-state index in [4.69, 9.17) is 14.2 Å². The first kappa shape index (κ1) is 13.6. The summed E-state index contributed by atoms with van der Waals surface area (Å²) in [5.74, 6) is 2.05. The second-order valence-corrected chi connectivity index (χ2v) is 4.98. The normalized spacial score (nSPS) is 11.2. The monoisotopic (exact) mass is 240 g/mol. The molecule has 0 aliphatic carbocycles. The van der Waals surface area contributed by atoms with Crippen LogP contribution in [-0.4, -0.2) is 47.0 Å². The molecule has 0 aliphatic heterocycles. The summed E-state index contributed by atoms with van der Waals surface area (Å²) in [7, 11) is 11.3. The SMILES string of the molecule is COc1cc(C[N+](C)(C)C)cc(OC)c1OC. The highest BCUT2D eigenvalue weighted by Gasteiger charge is 2.16. The van der Waals surface area contributed by atoms with Crippen molar-refractivity contribution in [1.29, 1.82) is 0 Å². The maximum atomic E-state index is 5.32. The van der Waals surface area contributed by atoms with E-state index in [1.54, 1.807) is 21.3 Å². The molecular weight excluding hydrogens is 218 g/mol. The molecule has 1 rings (SSSR count). The zero-order chi connectivity index (χ0) is 13.1. The van der Waals surface area contributed by atoms with Crippen molar-refractivity contribution in [3.05, 3.63) is 17.7 Å². The van der Waals surface area contributed by atoms with Crippen LogP contribution in [0.4, 0.5) is 0 Å². The maximum Gasteiger partial charge on any atom is 0.203 e. The van der Waals surface area contributed by atoms with E-state index in [1.807, 2.05) is 12.1 Å². The molecule has 4 heteroatoms. The Morgan fingerprint density at radius 1 is 0.882 bits per heavy atom. The van der Waals surface area contributed by atoms with E-state index in [-0.39, 0.29) is 0 Å². The van der Waals surface area contributed by atoms with Gasteiger partial charge in [-0.3, -0.25) is 0 Å². The van der Waals surface area contributed by atoms with Gasteiger partial charge in [0.2, 0.25) is 5.75 Å². The fourth-order valence-electron chi connectivity index (χ4n) is 1.77. The lowest BCUT2D eigenvalue weighted by Gasteiger charge is -2.24. The van der Waals surface area contributed by atoms with Gasteiger partial charge in [0.1, 0.15) is 6.54 Å². The molecule has 1 aromatic rings. The van der Waals surface area contributed by atoms with Gasteiger partial charge >= 0.3 is 0 Å². The first-order valence-corrected chi connectivity index (χ1v) is 5.50. The molecule has 96 valence electrons. The molecule has 0 amide bonds. The Morgan fingerprint density at radius 3 is 1.65 bits per heavy atom. The van der Waals surface area contributed by atoms with Crippen molar-refractivity contribution in [3.63, 3.8) is 0 Å². The molecule has 0 N–H and O–H groups in total. The zero-order valence-corrected chi connectivity index (χ0v) is 11.5. The van der Waals surface area contributed by atoms with Crippen LogP contribution in [0.2, 0.25) is 0 Å². The number of hydrogen-bond donors (Lipinski definition) is 0. The van der Waals surface area contributed by atoms with Crippen LogP contribution < -0.4 is 14.2 Å². The van der Waals surface area contributed by atoms with Crippen LogP contribution in [0, 0.1) is 0 Å². The summed E-state index contributed by atoms with van der Waals surface area (Å²) in [5, 5.41) is 0. The smallest absolute Gasteiger partial charge is 0.203 e. The molecule has 1 aromatic carbocycles. The van der Waals surface area contributed by atoms with E-state index < -0.39 is 0 Å². The molecule has 0 fully saturated rings. The van der Waals surface area contributed by atoms with Crippen molar-refractivity contribution in [3.8, 4) is 17.2 Å². The van der Waals surface area contributed by atoms with Gasteiger partial charge in [-0.25, -0.2) is 0 Å². The molecule has 0 saturated heterocycles. The fraction of sp³-hybridized carbons (Fsp3) is 0.538. The summed E-state index contributed by atoms with van der Waals surface area (Å²) in [6, 6.07) is 3.98. The third kappa shape index (κ3) is 3.53. The second kappa shape index (κ2) is 5.27. The minimum absolute atomic E-state index is 0.639. The number of ether oxygens (including phenoxy) is 3. The van der Waals surface area contributed by atoms with Crippen LogP contribution in [0.15, 0.2) is 12.1 Å². The number of hydrogen-bond acceptors (Lipinski definition) is 3. The van der Waals surface area contributed by atoms with Crippen molar-refractivity contribution in [1.82, 2.24) is 0 Å². The number of rotatable bonds is 5. The van der Waals surface area contributed by atoms with Crippen LogP contribution in [-0.2, 0) is 6.54 Å². The van der Waals surface area contributed by atoms with Gasteiger partial charge in [-0.15, -0.1) is 0 Å². The molecule has 0 bridgehead atoms. The second-order valence-electron chi connectivity index (χ2n) is 4.98. The Bertz CT molecular complexity index is 358. The van der Waals surface area contributed by atoms with Crippen molar-refractivity contribution < 1.29 is 18.7 Å². The standard InChI is InChI=1S/C13H22NO3/c1-14(2,3)9-10-7-11(15-4)13(17-6)12(8-10)16-5/h7-8H,9H2,1-6H3/q+1. The highest BCUT2D eigenvalue weighted by Crippen LogP contribution is 2.38. The van der Waals surface area contributed by atoms with Crippen LogP contribution in [0.3, 0.4) is 0 Å². The third-order valence-electron chi connectivity index (χ3n) is 2.38. The lowest BCUT2D eigenvalue weighted by molar-refractivity contribution is -0.884. The van der Waals surface area contributed by atoms with E-state index in [0.717, 1.165) is 16.6 Å². The Hall–Kier alpha value is -1.42. The largest absolute Gasteiger partial charge is 0.493 e. The van der Waals surface area contributed by atoms with Crippen LogP contribution in [0.5, 0.6) is 17.2 Å². The number of methoxy groups -OCH3 is 3. The molecule has 17 heavy (non-hydrogen) atoms. The van der Waals surface area contributed by atoms with Crippen LogP contribution in [0.1, 0.15) is 5.56 Å². The van der Waals surface area contributed by atoms with Gasteiger partial charge in [0.25, 0.3) is 0 Å². The van der Waals surface area contributed by atoms with Gasteiger partial charge in [-0.05, 0) is 12.1 Å². The molecule has 0 unspecified atom stereocenters. The topological polar surface area (TPSA) is 27.7 Å². The minimum Gasteiger partial charge on any atom is -0.493 e. The maximum absolute atomic E-state index is 5.32. The third-order valence-corrected chi connectivity index (χ3v) is 2.38. The van der Waals surface area contributed by atoms with Gasteiger partial charge in [0.05, 0.1) is 42.5 Å². The molecule has 0 aliphatic rings. The minimum atomic E-state index is 0.639. The molecular formula is C13H22NO3+. The summed E-state index contributed by atoms with van der Waals surface area (Å²) in [5.41, 5.74) is 1.16. The molecule has 0 saturated carbocycles. The van der Waals surface area contributed by atoms with Gasteiger partial charge in [-0.1, -0.05) is 0 Å². The summed E-state index contributed by atoms with van der Waals surface area (Å²) >= 11 is 0. The lowest BCUT2D eigenvalue weighted by atomic mass is 10.1. The van der Waals surface area contributed by atoms with Crippen molar-refractivity contribution in [2.24, 2.45) is 0 Å². The van der Waals surface area contributed by atoms with Crippen molar-refractivity contribution in [2.75, 3.05) is 42.5 Å². The van der Waals surface area contributed by atoms with Gasteiger partial charge < -0.3 is 18.7 Å². The van der Waals surface area contributed by atoms with E-state index in [9.17, 15) is 0 Å². The zero-order valence-electron chi connectivity index (χ0n) is 11.5. The summed E-state index contributed by atoms with van der Waals surface area (Å²) < 4.78 is 16.8. The molecule has 0 heterocycles. The first-order valence-electron chi connectivity index (χ1n) is 5.50. The molecule has 0 atom stereocenters.